The minimum atomic E-state index is -1.75. The van der Waals surface area contributed by atoms with E-state index < -0.39 is 23.6 Å². The largest absolute Gasteiger partial charge is 0.382 e. The van der Waals surface area contributed by atoms with Gasteiger partial charge >= 0.3 is 0 Å². The number of carbonyl (C=O) groups is 1. The molecule has 0 fully saturated rings. The van der Waals surface area contributed by atoms with Gasteiger partial charge in [-0.3, -0.25) is 4.79 Å². The fraction of sp³-hybridized carbons (Fsp3) is 0.231. The highest BCUT2D eigenvalue weighted by Gasteiger charge is 2.23. The molecule has 9 nitrogen and oxygen atoms in total. The van der Waals surface area contributed by atoms with Gasteiger partial charge in [-0.25, -0.2) is 23.4 Å². The maximum atomic E-state index is 13.5. The molecule has 190 valence electrons. The predicted molar refractivity (Wildman–Crippen MR) is 136 cm³/mol. The number of nitrogens with two attached hydrogens (primary N) is 1. The number of rotatable bonds is 5. The molecule has 4 aromatic rings. The Balaban J connectivity index is 1.46. The van der Waals surface area contributed by atoms with Gasteiger partial charge in [0.05, 0.1) is 5.69 Å². The molecule has 0 saturated carbocycles. The summed E-state index contributed by atoms with van der Waals surface area (Å²) < 4.78 is 28.7. The highest BCUT2D eigenvalue weighted by Crippen LogP contribution is 2.32. The van der Waals surface area contributed by atoms with E-state index in [4.69, 9.17) is 10.8 Å². The number of hydrogen-bond donors (Lipinski definition) is 3. The molecule has 0 radical (unpaired) electrons. The second-order valence-corrected chi connectivity index (χ2v) is 9.05. The molecular formula is C26H25F2N7O2. The van der Waals surface area contributed by atoms with Gasteiger partial charge in [0.2, 0.25) is 0 Å². The average Bonchev–Trinajstić information content (AvgIpc) is 3.24. The molecular weight excluding hydrogens is 480 g/mol. The summed E-state index contributed by atoms with van der Waals surface area (Å²) in [7, 11) is 2.06. The van der Waals surface area contributed by atoms with Crippen LogP contribution in [0.4, 0.5) is 20.3 Å². The number of aliphatic hydroxyl groups excluding tert-OH is 1. The number of aryl methyl sites for hydroxylation is 1. The van der Waals surface area contributed by atoms with Crippen LogP contribution in [0.3, 0.4) is 0 Å². The van der Waals surface area contributed by atoms with Crippen LogP contribution in [-0.4, -0.2) is 55.8 Å². The van der Waals surface area contributed by atoms with Crippen molar-refractivity contribution < 1.29 is 18.7 Å². The van der Waals surface area contributed by atoms with Gasteiger partial charge in [-0.05, 0) is 67.4 Å². The Labute approximate surface area is 211 Å². The zero-order valence-corrected chi connectivity index (χ0v) is 20.2. The minimum absolute atomic E-state index is 0.183. The van der Waals surface area contributed by atoms with E-state index in [9.17, 15) is 18.7 Å². The molecule has 0 saturated heterocycles. The van der Waals surface area contributed by atoms with Gasteiger partial charge in [0.1, 0.15) is 34.7 Å². The van der Waals surface area contributed by atoms with Gasteiger partial charge in [0.25, 0.3) is 5.91 Å². The second-order valence-electron chi connectivity index (χ2n) is 9.05. The molecule has 3 heterocycles. The molecule has 0 spiro atoms. The van der Waals surface area contributed by atoms with Crippen molar-refractivity contribution in [2.75, 3.05) is 31.2 Å². The Bertz CT molecular complexity index is 1530. The number of anilines is 2. The van der Waals surface area contributed by atoms with E-state index >= 15 is 0 Å². The zero-order valence-electron chi connectivity index (χ0n) is 20.2. The zero-order chi connectivity index (χ0) is 26.3. The second kappa shape index (κ2) is 9.68. The Hall–Kier alpha value is -4.22. The number of hydrogen-bond acceptors (Lipinski definition) is 7. The quantitative estimate of drug-likeness (QED) is 0.380. The molecule has 2 aromatic heterocycles. The summed E-state index contributed by atoms with van der Waals surface area (Å²) in [5, 5.41) is 17.7. The van der Waals surface area contributed by atoms with Crippen LogP contribution in [0.25, 0.3) is 22.3 Å². The van der Waals surface area contributed by atoms with Crippen molar-refractivity contribution in [1.29, 1.82) is 0 Å². The smallest absolute Gasteiger partial charge is 0.257 e. The summed E-state index contributed by atoms with van der Waals surface area (Å²) in [5.41, 5.74) is 11.0. The first-order valence-electron chi connectivity index (χ1n) is 11.6. The van der Waals surface area contributed by atoms with E-state index in [1.54, 1.807) is 22.9 Å². The molecule has 1 aliphatic heterocycles. The van der Waals surface area contributed by atoms with E-state index in [2.05, 4.69) is 33.3 Å². The van der Waals surface area contributed by atoms with Crippen molar-refractivity contribution in [2.24, 2.45) is 0 Å². The third-order valence-corrected chi connectivity index (χ3v) is 6.34. The number of fused-ring (bicyclic) bond motifs is 1. The number of benzene rings is 2. The fourth-order valence-corrected chi connectivity index (χ4v) is 4.41. The molecule has 37 heavy (non-hydrogen) atoms. The van der Waals surface area contributed by atoms with Crippen molar-refractivity contribution in [3.8, 4) is 5.69 Å². The average molecular weight is 506 g/mol. The van der Waals surface area contributed by atoms with Crippen LogP contribution in [0.1, 0.15) is 29.3 Å². The first kappa shape index (κ1) is 24.5. The Morgan fingerprint density at radius 2 is 1.92 bits per heavy atom. The van der Waals surface area contributed by atoms with E-state index in [-0.39, 0.29) is 5.56 Å². The van der Waals surface area contributed by atoms with Crippen LogP contribution in [-0.2, 0) is 4.79 Å². The van der Waals surface area contributed by atoms with Crippen LogP contribution in [0.2, 0.25) is 0 Å². The first-order valence-corrected chi connectivity index (χ1v) is 11.6. The number of likely N-dealkylation sites (N-methyl/N-ethyl adjacent to an activating group) is 1. The SMILES string of the molecule is Cc1cc(NC(=O)[C@H](O)c2cc(F)cc(F)c2)ccc1-n1nc(C2=CCN(C)CC2)c2ncnc(N)c21. The molecule has 1 aliphatic rings. The lowest BCUT2D eigenvalue weighted by molar-refractivity contribution is -0.124. The van der Waals surface area contributed by atoms with Crippen molar-refractivity contribution in [3.63, 3.8) is 0 Å². The van der Waals surface area contributed by atoms with Gasteiger partial charge in [-0.1, -0.05) is 6.08 Å². The molecule has 2 aromatic carbocycles. The Morgan fingerprint density at radius 1 is 1.16 bits per heavy atom. The monoisotopic (exact) mass is 505 g/mol. The predicted octanol–water partition coefficient (Wildman–Crippen LogP) is 3.38. The number of aromatic nitrogens is 4. The van der Waals surface area contributed by atoms with Crippen LogP contribution >= 0.6 is 0 Å². The fourth-order valence-electron chi connectivity index (χ4n) is 4.41. The van der Waals surface area contributed by atoms with E-state index in [1.807, 2.05) is 6.92 Å². The van der Waals surface area contributed by atoms with Crippen molar-refractivity contribution in [2.45, 2.75) is 19.4 Å². The van der Waals surface area contributed by atoms with Gasteiger partial charge < -0.3 is 21.1 Å². The van der Waals surface area contributed by atoms with Crippen molar-refractivity contribution in [3.05, 3.63) is 77.3 Å². The van der Waals surface area contributed by atoms with Gasteiger partial charge in [-0.15, -0.1) is 0 Å². The molecule has 0 unspecified atom stereocenters. The normalized spacial score (nSPS) is 15.0. The van der Waals surface area contributed by atoms with Gasteiger partial charge in [-0.2, -0.15) is 5.10 Å². The summed E-state index contributed by atoms with van der Waals surface area (Å²) in [6.45, 7) is 3.56. The van der Waals surface area contributed by atoms with E-state index in [1.165, 1.54) is 6.33 Å². The number of nitrogens with zero attached hydrogens (tertiary/aromatic N) is 5. The summed E-state index contributed by atoms with van der Waals surface area (Å²) in [6.07, 6.45) is 2.63. The lowest BCUT2D eigenvalue weighted by Crippen LogP contribution is -2.23. The number of nitrogens with one attached hydrogen (secondary N) is 1. The molecule has 4 N–H and O–H groups in total. The number of amides is 1. The standard InChI is InChI=1S/C26H25F2N7O2/c1-14-9-19(32-26(37)24(36)16-10-17(27)12-18(28)11-16)3-4-20(14)35-23-22(30-13-31-25(23)29)21(33-35)15-5-7-34(2)8-6-15/h3-5,9-13,24,36H,6-8H2,1-2H3,(H,32,37)(H2,29,30,31)/t24-/m1/s1. The van der Waals surface area contributed by atoms with E-state index in [0.717, 1.165) is 48.5 Å². The van der Waals surface area contributed by atoms with Gasteiger partial charge in [0, 0.05) is 24.8 Å². The number of nitrogen functional groups attached to an aromatic ring is 1. The summed E-state index contributed by atoms with van der Waals surface area (Å²) in [6, 6.07) is 7.59. The molecule has 1 atom stereocenters. The number of halogens is 2. The minimum Gasteiger partial charge on any atom is -0.382 e. The highest BCUT2D eigenvalue weighted by atomic mass is 19.1. The van der Waals surface area contributed by atoms with Crippen molar-refractivity contribution >= 4 is 34.0 Å². The maximum Gasteiger partial charge on any atom is 0.257 e. The Kier molecular flexibility index (Phi) is 6.40. The summed E-state index contributed by atoms with van der Waals surface area (Å²) in [4.78, 5) is 23.4. The highest BCUT2D eigenvalue weighted by molar-refractivity contribution is 5.96. The van der Waals surface area contributed by atoms with Gasteiger partial charge in [0.15, 0.2) is 11.9 Å². The third kappa shape index (κ3) is 4.78. The molecule has 11 heteroatoms. The maximum absolute atomic E-state index is 13.5. The van der Waals surface area contributed by atoms with Crippen LogP contribution in [0.15, 0.2) is 48.8 Å². The molecule has 1 amide bonds. The molecule has 0 bridgehead atoms. The molecule has 0 aliphatic carbocycles. The lowest BCUT2D eigenvalue weighted by atomic mass is 10.0. The third-order valence-electron chi connectivity index (χ3n) is 6.34. The number of aliphatic hydroxyl groups is 1. The van der Waals surface area contributed by atoms with Crippen molar-refractivity contribution in [1.82, 2.24) is 24.6 Å². The topological polar surface area (TPSA) is 122 Å². The lowest BCUT2D eigenvalue weighted by Gasteiger charge is -2.20. The summed E-state index contributed by atoms with van der Waals surface area (Å²) >= 11 is 0. The Morgan fingerprint density at radius 3 is 2.59 bits per heavy atom. The number of carbonyl (C=O) groups excluding carboxylic acids is 1. The first-order chi connectivity index (χ1) is 17.7. The van der Waals surface area contributed by atoms with Crippen LogP contribution in [0.5, 0.6) is 0 Å². The van der Waals surface area contributed by atoms with Crippen LogP contribution in [0, 0.1) is 18.6 Å². The van der Waals surface area contributed by atoms with E-state index in [0.29, 0.717) is 34.3 Å². The molecule has 5 rings (SSSR count). The summed E-state index contributed by atoms with van der Waals surface area (Å²) in [5.74, 6) is -2.30. The van der Waals surface area contributed by atoms with Crippen LogP contribution < -0.4 is 11.1 Å².